The molecule has 1 aliphatic heterocycles. The predicted molar refractivity (Wildman–Crippen MR) is 121 cm³/mol. The number of anilines is 1. The number of benzene rings is 2. The predicted octanol–water partition coefficient (Wildman–Crippen LogP) is 5.57. The Labute approximate surface area is 191 Å². The Morgan fingerprint density at radius 1 is 1.33 bits per heavy atom. The molecule has 154 valence electrons. The lowest BCUT2D eigenvalue weighted by molar-refractivity contribution is -0.134. The van der Waals surface area contributed by atoms with Gasteiger partial charge in [0.1, 0.15) is 0 Å². The number of carbonyl (C=O) groups excluding carboxylic acids is 2. The number of cyclic esters (lactones) is 1. The van der Waals surface area contributed by atoms with E-state index < -0.39 is 17.5 Å². The number of carbonyl (C=O) groups is 2. The molecule has 0 saturated carbocycles. The third-order valence-electron chi connectivity index (χ3n) is 5.03. The van der Waals surface area contributed by atoms with Crippen LogP contribution < -0.4 is 5.32 Å². The van der Waals surface area contributed by atoms with Gasteiger partial charge in [0.15, 0.2) is 10.7 Å². The van der Waals surface area contributed by atoms with E-state index in [2.05, 4.69) is 26.2 Å². The van der Waals surface area contributed by atoms with Crippen LogP contribution in [0.2, 0.25) is 5.02 Å². The Morgan fingerprint density at radius 2 is 2.10 bits per heavy atom. The van der Waals surface area contributed by atoms with Crippen LogP contribution in [0.1, 0.15) is 39.0 Å². The summed E-state index contributed by atoms with van der Waals surface area (Å²) < 4.78 is 6.34. The van der Waals surface area contributed by atoms with Crippen LogP contribution in [-0.2, 0) is 22.4 Å². The van der Waals surface area contributed by atoms with E-state index in [1.807, 2.05) is 37.3 Å². The highest BCUT2D eigenvalue weighted by Crippen LogP contribution is 2.32. The van der Waals surface area contributed by atoms with Gasteiger partial charge in [-0.2, -0.15) is 0 Å². The van der Waals surface area contributed by atoms with Gasteiger partial charge < -0.3 is 4.74 Å². The Bertz CT molecular complexity index is 1160. The van der Waals surface area contributed by atoms with Crippen LogP contribution in [0, 0.1) is 6.92 Å². The van der Waals surface area contributed by atoms with Crippen molar-refractivity contribution in [2.24, 2.45) is 0 Å². The van der Waals surface area contributed by atoms with E-state index in [1.165, 1.54) is 11.3 Å². The van der Waals surface area contributed by atoms with Crippen molar-refractivity contribution in [2.75, 3.05) is 5.32 Å². The van der Waals surface area contributed by atoms with E-state index in [9.17, 15) is 9.59 Å². The van der Waals surface area contributed by atoms with E-state index in [0.717, 1.165) is 26.2 Å². The highest BCUT2D eigenvalue weighted by atomic mass is 79.9. The van der Waals surface area contributed by atoms with Crippen molar-refractivity contribution in [1.82, 2.24) is 4.98 Å². The number of nitrogens with one attached hydrogen (secondary N) is 1. The molecule has 5 nitrogen and oxygen atoms in total. The molecule has 1 aromatic heterocycles. The molecule has 2 aromatic carbocycles. The summed E-state index contributed by atoms with van der Waals surface area (Å²) in [4.78, 5) is 30.8. The van der Waals surface area contributed by atoms with Gasteiger partial charge >= 0.3 is 5.97 Å². The van der Waals surface area contributed by atoms with Crippen molar-refractivity contribution < 1.29 is 14.3 Å². The fourth-order valence-corrected chi connectivity index (χ4v) is 4.81. The summed E-state index contributed by atoms with van der Waals surface area (Å²) in [5.74, 6) is -0.880. The molecule has 1 unspecified atom stereocenters. The van der Waals surface area contributed by atoms with Crippen molar-refractivity contribution in [2.45, 2.75) is 32.3 Å². The summed E-state index contributed by atoms with van der Waals surface area (Å²) in [6.45, 7) is 3.53. The van der Waals surface area contributed by atoms with Gasteiger partial charge in [-0.1, -0.05) is 35.9 Å². The summed E-state index contributed by atoms with van der Waals surface area (Å²) in [5, 5.41) is 3.96. The molecule has 30 heavy (non-hydrogen) atoms. The normalized spacial score (nSPS) is 17.9. The second kappa shape index (κ2) is 8.13. The molecular weight excluding hydrogens is 488 g/mol. The molecule has 8 heteroatoms. The highest BCUT2D eigenvalue weighted by Gasteiger charge is 2.43. The SMILES string of the molecule is Cc1nc(NC(=O)C2(C)Cc3ccccc3C(=O)O2)sc1Cc1ccc(Br)c(Cl)c1. The molecule has 0 saturated heterocycles. The van der Waals surface area contributed by atoms with Crippen LogP contribution in [0.4, 0.5) is 5.13 Å². The third kappa shape index (κ3) is 4.15. The van der Waals surface area contributed by atoms with Crippen LogP contribution in [0.3, 0.4) is 0 Å². The van der Waals surface area contributed by atoms with E-state index in [1.54, 1.807) is 19.1 Å². The molecule has 3 aromatic rings. The van der Waals surface area contributed by atoms with Crippen molar-refractivity contribution in [1.29, 1.82) is 0 Å². The molecule has 2 heterocycles. The van der Waals surface area contributed by atoms with Crippen molar-refractivity contribution in [3.05, 3.63) is 79.2 Å². The van der Waals surface area contributed by atoms with Crippen LogP contribution >= 0.6 is 38.9 Å². The quantitative estimate of drug-likeness (QED) is 0.471. The first-order valence-corrected chi connectivity index (χ1v) is 11.3. The Morgan fingerprint density at radius 3 is 2.87 bits per heavy atom. The summed E-state index contributed by atoms with van der Waals surface area (Å²) in [6.07, 6.45) is 0.974. The maximum atomic E-state index is 13.0. The number of halogens is 2. The molecule has 4 rings (SSSR count). The van der Waals surface area contributed by atoms with Crippen molar-refractivity contribution >= 4 is 55.9 Å². The number of amides is 1. The number of esters is 1. The third-order valence-corrected chi connectivity index (χ3v) is 7.33. The van der Waals surface area contributed by atoms with Gasteiger partial charge in [0.2, 0.25) is 0 Å². The van der Waals surface area contributed by atoms with Crippen LogP contribution in [-0.4, -0.2) is 22.5 Å². The lowest BCUT2D eigenvalue weighted by Gasteiger charge is -2.32. The van der Waals surface area contributed by atoms with Gasteiger partial charge in [-0.25, -0.2) is 9.78 Å². The maximum Gasteiger partial charge on any atom is 0.339 e. The van der Waals surface area contributed by atoms with E-state index in [-0.39, 0.29) is 0 Å². The van der Waals surface area contributed by atoms with E-state index in [4.69, 9.17) is 16.3 Å². The number of fused-ring (bicyclic) bond motifs is 1. The van der Waals surface area contributed by atoms with Gasteiger partial charge in [0.25, 0.3) is 5.91 Å². The largest absolute Gasteiger partial charge is 0.445 e. The minimum Gasteiger partial charge on any atom is -0.445 e. The van der Waals surface area contributed by atoms with E-state index in [0.29, 0.717) is 28.6 Å². The molecule has 1 amide bonds. The molecule has 1 atom stereocenters. The summed E-state index contributed by atoms with van der Waals surface area (Å²) >= 11 is 11.0. The lowest BCUT2D eigenvalue weighted by Crippen LogP contribution is -2.48. The first-order chi connectivity index (χ1) is 14.2. The molecule has 0 spiro atoms. The molecule has 1 N–H and O–H groups in total. The number of aryl methyl sites for hydroxylation is 1. The fraction of sp³-hybridized carbons (Fsp3) is 0.227. The highest BCUT2D eigenvalue weighted by molar-refractivity contribution is 9.10. The summed E-state index contributed by atoms with van der Waals surface area (Å²) in [5.41, 5.74) is 1.91. The second-order valence-corrected chi connectivity index (χ2v) is 9.71. The fourth-order valence-electron chi connectivity index (χ4n) is 3.37. The molecule has 1 aliphatic rings. The van der Waals surface area contributed by atoms with E-state index >= 15 is 0 Å². The monoisotopic (exact) mass is 504 g/mol. The minimum atomic E-state index is -1.29. The minimum absolute atomic E-state index is 0.315. The van der Waals surface area contributed by atoms with Gasteiger partial charge in [-0.3, -0.25) is 10.1 Å². The zero-order valence-corrected chi connectivity index (χ0v) is 19.5. The number of hydrogen-bond acceptors (Lipinski definition) is 5. The summed E-state index contributed by atoms with van der Waals surface area (Å²) in [7, 11) is 0. The zero-order valence-electron chi connectivity index (χ0n) is 16.3. The van der Waals surface area contributed by atoms with Crippen LogP contribution in [0.5, 0.6) is 0 Å². The van der Waals surface area contributed by atoms with Crippen LogP contribution in [0.15, 0.2) is 46.9 Å². The number of nitrogens with zero attached hydrogens (tertiary/aromatic N) is 1. The average molecular weight is 506 g/mol. The topological polar surface area (TPSA) is 68.3 Å². The first kappa shape index (κ1) is 21.0. The Kier molecular flexibility index (Phi) is 5.70. The number of ether oxygens (including phenoxy) is 1. The molecular formula is C22H18BrClN2O3S. The summed E-state index contributed by atoms with van der Waals surface area (Å²) in [6, 6.07) is 13.0. The van der Waals surface area contributed by atoms with Crippen LogP contribution in [0.25, 0.3) is 0 Å². The van der Waals surface area contributed by atoms with Gasteiger partial charge in [-0.05, 0) is 59.1 Å². The second-order valence-electron chi connectivity index (χ2n) is 7.36. The Balaban J connectivity index is 1.51. The molecule has 0 fully saturated rings. The Hall–Kier alpha value is -2.22. The number of thiazole rings is 1. The number of rotatable bonds is 4. The molecule has 0 bridgehead atoms. The average Bonchev–Trinajstić information content (AvgIpc) is 3.03. The zero-order chi connectivity index (χ0) is 21.5. The van der Waals surface area contributed by atoms with Gasteiger partial charge in [0.05, 0.1) is 16.3 Å². The van der Waals surface area contributed by atoms with Crippen molar-refractivity contribution in [3.63, 3.8) is 0 Å². The van der Waals surface area contributed by atoms with Gasteiger partial charge in [0, 0.05) is 22.2 Å². The lowest BCUT2D eigenvalue weighted by atomic mass is 9.89. The number of hydrogen-bond donors (Lipinski definition) is 1. The number of aromatic nitrogens is 1. The molecule has 0 radical (unpaired) electrons. The standard InChI is InChI=1S/C22H18BrClN2O3S/c1-12-18(10-13-7-8-16(23)17(24)9-13)30-21(25-12)26-20(28)22(2)11-14-5-3-4-6-15(14)19(27)29-22/h3-9H,10-11H2,1-2H3,(H,25,26,28). The first-order valence-electron chi connectivity index (χ1n) is 9.28. The molecule has 0 aliphatic carbocycles. The van der Waals surface area contributed by atoms with Gasteiger partial charge in [-0.15, -0.1) is 11.3 Å². The maximum absolute atomic E-state index is 13.0. The van der Waals surface area contributed by atoms with Crippen molar-refractivity contribution in [3.8, 4) is 0 Å². The smallest absolute Gasteiger partial charge is 0.339 e.